The molecular weight excluding hydrogens is 454 g/mol. The summed E-state index contributed by atoms with van der Waals surface area (Å²) in [6.07, 6.45) is 1.08. The molecule has 1 heterocycles. The molecular formula is C26H33NO8. The molecule has 190 valence electrons. The number of rotatable bonds is 8. The second kappa shape index (κ2) is 10.8. The van der Waals surface area contributed by atoms with Crippen molar-refractivity contribution in [2.24, 2.45) is 11.8 Å². The van der Waals surface area contributed by atoms with Gasteiger partial charge in [0, 0.05) is 28.6 Å². The molecule has 0 unspecified atom stereocenters. The Morgan fingerprint density at radius 1 is 1.03 bits per heavy atom. The molecule has 3 atom stereocenters. The molecule has 0 amide bonds. The number of methoxy groups -OCH3 is 4. The standard InChI is InChI=1S/C26H33NO8/c1-8-9-35-26(30)21-14(3)27-16-10-13(2)20(25(29)34-7)24(28)23(16)22(21)15-11-18(32-5)19(33-6)12-17(15)31-4/h11-13,20,22,27H,8-10H2,1-7H3/t13-,20+,22+/m0/s1. The summed E-state index contributed by atoms with van der Waals surface area (Å²) in [4.78, 5) is 39.7. The number of ketones is 1. The Bertz CT molecular complexity index is 1090. The highest BCUT2D eigenvalue weighted by Crippen LogP contribution is 2.49. The molecule has 0 bridgehead atoms. The summed E-state index contributed by atoms with van der Waals surface area (Å²) in [7, 11) is 5.76. The fraction of sp³-hybridized carbons (Fsp3) is 0.500. The van der Waals surface area contributed by atoms with E-state index in [4.69, 9.17) is 23.7 Å². The van der Waals surface area contributed by atoms with Gasteiger partial charge in [0.25, 0.3) is 0 Å². The van der Waals surface area contributed by atoms with Gasteiger partial charge in [0.1, 0.15) is 11.7 Å². The van der Waals surface area contributed by atoms with Crippen molar-refractivity contribution < 1.29 is 38.1 Å². The van der Waals surface area contributed by atoms with Crippen LogP contribution in [-0.2, 0) is 23.9 Å². The normalized spacial score (nSPS) is 21.7. The van der Waals surface area contributed by atoms with Crippen LogP contribution < -0.4 is 19.5 Å². The summed E-state index contributed by atoms with van der Waals surface area (Å²) in [6, 6.07) is 3.34. The zero-order chi connectivity index (χ0) is 25.9. The van der Waals surface area contributed by atoms with Crippen LogP contribution >= 0.6 is 0 Å². The summed E-state index contributed by atoms with van der Waals surface area (Å²) < 4.78 is 27.0. The Morgan fingerprint density at radius 2 is 1.66 bits per heavy atom. The van der Waals surface area contributed by atoms with Crippen LogP contribution in [0.25, 0.3) is 0 Å². The third-order valence-electron chi connectivity index (χ3n) is 6.45. The van der Waals surface area contributed by atoms with E-state index in [0.29, 0.717) is 52.6 Å². The predicted octanol–water partition coefficient (Wildman–Crippen LogP) is 3.28. The van der Waals surface area contributed by atoms with E-state index in [2.05, 4.69) is 5.32 Å². The lowest BCUT2D eigenvalue weighted by atomic mass is 9.69. The molecule has 1 aromatic carbocycles. The molecule has 1 aliphatic carbocycles. The summed E-state index contributed by atoms with van der Waals surface area (Å²) in [5.74, 6) is -2.43. The number of nitrogens with one attached hydrogen (secondary N) is 1. The average Bonchev–Trinajstić information content (AvgIpc) is 2.85. The predicted molar refractivity (Wildman–Crippen MR) is 127 cm³/mol. The van der Waals surface area contributed by atoms with Crippen LogP contribution in [0.3, 0.4) is 0 Å². The van der Waals surface area contributed by atoms with E-state index >= 15 is 0 Å². The second-order valence-corrected chi connectivity index (χ2v) is 8.62. The number of esters is 2. The molecule has 1 aromatic rings. The fourth-order valence-corrected chi connectivity index (χ4v) is 4.81. The van der Waals surface area contributed by atoms with Gasteiger partial charge < -0.3 is 29.0 Å². The summed E-state index contributed by atoms with van der Waals surface area (Å²) in [5.41, 5.74) is 2.35. The number of benzene rings is 1. The monoisotopic (exact) mass is 487 g/mol. The van der Waals surface area contributed by atoms with Gasteiger partial charge in [-0.3, -0.25) is 9.59 Å². The van der Waals surface area contributed by atoms with E-state index in [1.54, 1.807) is 19.1 Å². The van der Waals surface area contributed by atoms with Gasteiger partial charge in [0.05, 0.1) is 46.5 Å². The lowest BCUT2D eigenvalue weighted by molar-refractivity contribution is -0.151. The van der Waals surface area contributed by atoms with E-state index in [0.717, 1.165) is 0 Å². The van der Waals surface area contributed by atoms with Crippen molar-refractivity contribution in [2.45, 2.75) is 39.5 Å². The molecule has 0 radical (unpaired) electrons. The Balaban J connectivity index is 2.30. The van der Waals surface area contributed by atoms with Crippen LogP contribution in [-0.4, -0.2) is 52.8 Å². The van der Waals surface area contributed by atoms with E-state index in [9.17, 15) is 14.4 Å². The molecule has 35 heavy (non-hydrogen) atoms. The molecule has 1 N–H and O–H groups in total. The van der Waals surface area contributed by atoms with E-state index in [1.165, 1.54) is 28.4 Å². The van der Waals surface area contributed by atoms with Gasteiger partial charge >= 0.3 is 11.9 Å². The molecule has 0 aromatic heterocycles. The molecule has 1 aliphatic heterocycles. The molecule has 0 fully saturated rings. The second-order valence-electron chi connectivity index (χ2n) is 8.62. The number of ether oxygens (including phenoxy) is 5. The summed E-state index contributed by atoms with van der Waals surface area (Å²) >= 11 is 0. The first-order valence-corrected chi connectivity index (χ1v) is 11.5. The maximum Gasteiger partial charge on any atom is 0.336 e. The van der Waals surface area contributed by atoms with Crippen molar-refractivity contribution in [1.82, 2.24) is 5.32 Å². The molecule has 9 nitrogen and oxygen atoms in total. The molecule has 0 spiro atoms. The number of allylic oxidation sites excluding steroid dienone is 3. The van der Waals surface area contributed by atoms with Gasteiger partial charge in [-0.2, -0.15) is 0 Å². The fourth-order valence-electron chi connectivity index (χ4n) is 4.81. The van der Waals surface area contributed by atoms with Gasteiger partial charge in [-0.25, -0.2) is 4.79 Å². The lowest BCUT2D eigenvalue weighted by Crippen LogP contribution is -2.43. The first kappa shape index (κ1) is 26.1. The largest absolute Gasteiger partial charge is 0.496 e. The van der Waals surface area contributed by atoms with E-state index in [1.807, 2.05) is 13.8 Å². The van der Waals surface area contributed by atoms with Crippen LogP contribution in [0, 0.1) is 11.8 Å². The third kappa shape index (κ3) is 4.72. The van der Waals surface area contributed by atoms with Gasteiger partial charge in [-0.05, 0) is 31.7 Å². The molecule has 0 saturated carbocycles. The van der Waals surface area contributed by atoms with Crippen molar-refractivity contribution in [3.05, 3.63) is 40.2 Å². The minimum Gasteiger partial charge on any atom is -0.496 e. The Kier molecular flexibility index (Phi) is 8.09. The minimum absolute atomic E-state index is 0.229. The Morgan fingerprint density at radius 3 is 2.23 bits per heavy atom. The van der Waals surface area contributed by atoms with Gasteiger partial charge in [-0.1, -0.05) is 13.8 Å². The number of carbonyl (C=O) groups excluding carboxylic acids is 3. The highest BCUT2D eigenvalue weighted by molar-refractivity contribution is 6.12. The van der Waals surface area contributed by atoms with Gasteiger partial charge in [0.2, 0.25) is 0 Å². The van der Waals surface area contributed by atoms with Crippen LogP contribution in [0.1, 0.15) is 45.1 Å². The maximum atomic E-state index is 13.9. The summed E-state index contributed by atoms with van der Waals surface area (Å²) in [6.45, 7) is 5.73. The number of carbonyl (C=O) groups is 3. The van der Waals surface area contributed by atoms with Gasteiger partial charge in [-0.15, -0.1) is 0 Å². The number of Topliss-reactive ketones (excluding diaryl/α,β-unsaturated/α-hetero) is 1. The molecule has 0 saturated heterocycles. The van der Waals surface area contributed by atoms with Crippen molar-refractivity contribution in [3.8, 4) is 17.2 Å². The smallest absolute Gasteiger partial charge is 0.336 e. The van der Waals surface area contributed by atoms with Crippen LogP contribution in [0.5, 0.6) is 17.2 Å². The average molecular weight is 488 g/mol. The molecule has 2 aliphatic rings. The third-order valence-corrected chi connectivity index (χ3v) is 6.45. The Hall–Kier alpha value is -3.49. The Labute approximate surface area is 205 Å². The van der Waals surface area contributed by atoms with Crippen LogP contribution in [0.4, 0.5) is 0 Å². The lowest BCUT2D eigenvalue weighted by Gasteiger charge is -2.38. The van der Waals surface area contributed by atoms with E-state index in [-0.39, 0.29) is 18.1 Å². The zero-order valence-corrected chi connectivity index (χ0v) is 21.3. The highest BCUT2D eigenvalue weighted by atomic mass is 16.5. The van der Waals surface area contributed by atoms with Crippen molar-refractivity contribution in [1.29, 1.82) is 0 Å². The first-order chi connectivity index (χ1) is 16.7. The first-order valence-electron chi connectivity index (χ1n) is 11.5. The van der Waals surface area contributed by atoms with Gasteiger partial charge in [0.15, 0.2) is 17.3 Å². The summed E-state index contributed by atoms with van der Waals surface area (Å²) in [5, 5.41) is 3.24. The van der Waals surface area contributed by atoms with Crippen molar-refractivity contribution in [3.63, 3.8) is 0 Å². The quantitative estimate of drug-likeness (QED) is 0.436. The highest BCUT2D eigenvalue weighted by Gasteiger charge is 2.48. The van der Waals surface area contributed by atoms with Crippen LogP contribution in [0.2, 0.25) is 0 Å². The minimum atomic E-state index is -0.986. The maximum absolute atomic E-state index is 13.9. The topological polar surface area (TPSA) is 109 Å². The van der Waals surface area contributed by atoms with Crippen molar-refractivity contribution in [2.75, 3.05) is 35.0 Å². The number of dihydropyridines is 1. The number of hydrogen-bond acceptors (Lipinski definition) is 9. The zero-order valence-electron chi connectivity index (χ0n) is 21.3. The molecule has 3 rings (SSSR count). The SMILES string of the molecule is CCCOC(=O)C1=C(C)NC2=C(C(=O)[C@H](C(=O)OC)[C@@H](C)C2)[C@@H]1c1cc(OC)c(OC)cc1OC. The van der Waals surface area contributed by atoms with E-state index < -0.39 is 29.6 Å². The van der Waals surface area contributed by atoms with Crippen molar-refractivity contribution >= 4 is 17.7 Å². The number of hydrogen-bond donors (Lipinski definition) is 1. The van der Waals surface area contributed by atoms with Crippen LogP contribution in [0.15, 0.2) is 34.7 Å². The molecule has 9 heteroatoms.